The number of unbranched alkanes of at least 4 members (excludes halogenated alkanes) is 1. The van der Waals surface area contributed by atoms with E-state index in [4.69, 9.17) is 5.41 Å². The van der Waals surface area contributed by atoms with Crippen LogP contribution in [0.5, 0.6) is 0 Å². The molecule has 13 heavy (non-hydrogen) atoms. The van der Waals surface area contributed by atoms with Gasteiger partial charge in [0, 0.05) is 12.1 Å². The van der Waals surface area contributed by atoms with Gasteiger partial charge < -0.3 is 5.41 Å². The van der Waals surface area contributed by atoms with Gasteiger partial charge in [-0.25, -0.2) is 0 Å². The van der Waals surface area contributed by atoms with E-state index in [1.807, 2.05) is 18.2 Å². The summed E-state index contributed by atoms with van der Waals surface area (Å²) in [6, 6.07) is 10.2. The van der Waals surface area contributed by atoms with Gasteiger partial charge in [-0.2, -0.15) is 0 Å². The molecular formula is C12H17N. The van der Waals surface area contributed by atoms with Crippen LogP contribution < -0.4 is 0 Å². The first kappa shape index (κ1) is 9.97. The van der Waals surface area contributed by atoms with Crippen molar-refractivity contribution in [3.05, 3.63) is 35.9 Å². The number of hydrogen-bond acceptors (Lipinski definition) is 1. The minimum absolute atomic E-state index is 0.820. The van der Waals surface area contributed by atoms with E-state index in [1.54, 1.807) is 0 Å². The summed E-state index contributed by atoms with van der Waals surface area (Å²) in [7, 11) is 0. The lowest BCUT2D eigenvalue weighted by Gasteiger charge is -2.02. The van der Waals surface area contributed by atoms with Crippen molar-refractivity contribution in [2.75, 3.05) is 0 Å². The van der Waals surface area contributed by atoms with Crippen molar-refractivity contribution in [1.29, 1.82) is 5.41 Å². The highest BCUT2D eigenvalue weighted by atomic mass is 14.4. The maximum absolute atomic E-state index is 7.73. The molecule has 1 heteroatoms. The number of nitrogens with one attached hydrogen (secondary N) is 1. The topological polar surface area (TPSA) is 23.9 Å². The van der Waals surface area contributed by atoms with Crippen LogP contribution in [0.1, 0.15) is 31.7 Å². The minimum atomic E-state index is 0.820. The van der Waals surface area contributed by atoms with Crippen molar-refractivity contribution in [3.63, 3.8) is 0 Å². The third kappa shape index (κ3) is 3.88. The van der Waals surface area contributed by atoms with Crippen molar-refractivity contribution in [2.45, 2.75) is 32.6 Å². The van der Waals surface area contributed by atoms with E-state index in [1.165, 1.54) is 12.0 Å². The van der Waals surface area contributed by atoms with E-state index in [-0.39, 0.29) is 0 Å². The second-order valence-corrected chi connectivity index (χ2v) is 3.37. The lowest BCUT2D eigenvalue weighted by Crippen LogP contribution is -2.00. The Hall–Kier alpha value is -1.11. The maximum Gasteiger partial charge on any atom is 0.0133 e. The molecule has 1 rings (SSSR count). The van der Waals surface area contributed by atoms with E-state index >= 15 is 0 Å². The van der Waals surface area contributed by atoms with Gasteiger partial charge >= 0.3 is 0 Å². The van der Waals surface area contributed by atoms with Gasteiger partial charge in [0.15, 0.2) is 0 Å². The van der Waals surface area contributed by atoms with Crippen LogP contribution in [0.4, 0.5) is 0 Å². The van der Waals surface area contributed by atoms with Crippen LogP contribution >= 0.6 is 0 Å². The molecule has 0 aliphatic carbocycles. The standard InChI is InChI=1S/C12H17N/c1-2-3-9-12(13)10-11-7-5-4-6-8-11/h4-8,13H,2-3,9-10H2,1H3. The average molecular weight is 175 g/mol. The second-order valence-electron chi connectivity index (χ2n) is 3.37. The third-order valence-electron chi connectivity index (χ3n) is 2.09. The molecular weight excluding hydrogens is 158 g/mol. The van der Waals surface area contributed by atoms with Gasteiger partial charge in [-0.15, -0.1) is 0 Å². The first-order valence-electron chi connectivity index (χ1n) is 4.93. The normalized spacial score (nSPS) is 9.92. The molecule has 1 aromatic carbocycles. The molecule has 0 saturated heterocycles. The summed E-state index contributed by atoms with van der Waals surface area (Å²) in [5.41, 5.74) is 2.11. The van der Waals surface area contributed by atoms with E-state index in [2.05, 4.69) is 19.1 Å². The second kappa shape index (κ2) is 5.52. The molecule has 1 nitrogen and oxygen atoms in total. The Balaban J connectivity index is 2.37. The van der Waals surface area contributed by atoms with Crippen molar-refractivity contribution >= 4 is 5.71 Å². The molecule has 70 valence electrons. The predicted molar refractivity (Wildman–Crippen MR) is 57.4 cm³/mol. The zero-order chi connectivity index (χ0) is 9.52. The molecule has 0 bridgehead atoms. The van der Waals surface area contributed by atoms with Crippen LogP contribution in [-0.2, 0) is 6.42 Å². The summed E-state index contributed by atoms with van der Waals surface area (Å²) < 4.78 is 0. The summed E-state index contributed by atoms with van der Waals surface area (Å²) >= 11 is 0. The number of hydrogen-bond donors (Lipinski definition) is 1. The van der Waals surface area contributed by atoms with Gasteiger partial charge in [0.05, 0.1) is 0 Å². The molecule has 1 aromatic rings. The molecule has 0 aliphatic rings. The van der Waals surface area contributed by atoms with Crippen molar-refractivity contribution in [2.24, 2.45) is 0 Å². The molecule has 0 radical (unpaired) electrons. The smallest absolute Gasteiger partial charge is 0.0133 e. The van der Waals surface area contributed by atoms with Crippen LogP contribution in [0.15, 0.2) is 30.3 Å². The highest BCUT2D eigenvalue weighted by Crippen LogP contribution is 2.04. The Kier molecular flexibility index (Phi) is 4.24. The first-order chi connectivity index (χ1) is 6.33. The Morgan fingerprint density at radius 3 is 2.54 bits per heavy atom. The monoisotopic (exact) mass is 175 g/mol. The Labute approximate surface area is 80.3 Å². The van der Waals surface area contributed by atoms with E-state index in [9.17, 15) is 0 Å². The van der Waals surface area contributed by atoms with Gasteiger partial charge in [-0.05, 0) is 18.4 Å². The number of benzene rings is 1. The third-order valence-corrected chi connectivity index (χ3v) is 2.09. The van der Waals surface area contributed by atoms with Crippen molar-refractivity contribution in [1.82, 2.24) is 0 Å². The van der Waals surface area contributed by atoms with Crippen LogP contribution in [0.2, 0.25) is 0 Å². The van der Waals surface area contributed by atoms with Crippen molar-refractivity contribution < 1.29 is 0 Å². The van der Waals surface area contributed by atoms with E-state index in [0.29, 0.717) is 0 Å². The highest BCUT2D eigenvalue weighted by Gasteiger charge is 1.97. The van der Waals surface area contributed by atoms with Gasteiger partial charge in [-0.3, -0.25) is 0 Å². The molecule has 0 heterocycles. The van der Waals surface area contributed by atoms with Crippen LogP contribution in [-0.4, -0.2) is 5.71 Å². The fraction of sp³-hybridized carbons (Fsp3) is 0.417. The summed E-state index contributed by atoms with van der Waals surface area (Å²) in [4.78, 5) is 0. The van der Waals surface area contributed by atoms with Gasteiger partial charge in [-0.1, -0.05) is 43.7 Å². The fourth-order valence-corrected chi connectivity index (χ4v) is 1.32. The summed E-state index contributed by atoms with van der Waals surface area (Å²) in [6.45, 7) is 2.16. The average Bonchev–Trinajstić information content (AvgIpc) is 2.16. The Morgan fingerprint density at radius 1 is 1.23 bits per heavy atom. The zero-order valence-corrected chi connectivity index (χ0v) is 8.22. The van der Waals surface area contributed by atoms with Gasteiger partial charge in [0.25, 0.3) is 0 Å². The lowest BCUT2D eigenvalue weighted by molar-refractivity contribution is 0.825. The fourth-order valence-electron chi connectivity index (χ4n) is 1.32. The molecule has 0 spiro atoms. The first-order valence-corrected chi connectivity index (χ1v) is 4.93. The van der Waals surface area contributed by atoms with E-state index in [0.717, 1.165) is 25.0 Å². The molecule has 0 atom stereocenters. The molecule has 0 fully saturated rings. The minimum Gasteiger partial charge on any atom is -0.309 e. The Bertz CT molecular complexity index is 251. The molecule has 0 aromatic heterocycles. The van der Waals surface area contributed by atoms with E-state index < -0.39 is 0 Å². The maximum atomic E-state index is 7.73. The van der Waals surface area contributed by atoms with Crippen LogP contribution in [0, 0.1) is 5.41 Å². The predicted octanol–water partition coefficient (Wildman–Crippen LogP) is 3.44. The molecule has 0 amide bonds. The highest BCUT2D eigenvalue weighted by molar-refractivity contribution is 5.83. The molecule has 0 unspecified atom stereocenters. The summed E-state index contributed by atoms with van der Waals surface area (Å²) in [5.74, 6) is 0. The molecule has 0 saturated carbocycles. The molecule has 0 aliphatic heterocycles. The van der Waals surface area contributed by atoms with Gasteiger partial charge in [0.1, 0.15) is 0 Å². The lowest BCUT2D eigenvalue weighted by atomic mass is 10.0. The van der Waals surface area contributed by atoms with Crippen LogP contribution in [0.25, 0.3) is 0 Å². The van der Waals surface area contributed by atoms with Gasteiger partial charge in [0.2, 0.25) is 0 Å². The summed E-state index contributed by atoms with van der Waals surface area (Å²) in [5, 5.41) is 7.73. The Morgan fingerprint density at radius 2 is 1.92 bits per heavy atom. The zero-order valence-electron chi connectivity index (χ0n) is 8.22. The van der Waals surface area contributed by atoms with Crippen LogP contribution in [0.3, 0.4) is 0 Å². The molecule has 1 N–H and O–H groups in total. The SMILES string of the molecule is CCCCC(=N)Cc1ccccc1. The largest absolute Gasteiger partial charge is 0.309 e. The summed E-state index contributed by atoms with van der Waals surface area (Å²) in [6.07, 6.45) is 4.09. The quantitative estimate of drug-likeness (QED) is 0.663. The number of rotatable bonds is 5. The van der Waals surface area contributed by atoms with Crippen molar-refractivity contribution in [3.8, 4) is 0 Å².